The quantitative estimate of drug-likeness (QED) is 0.692. The van der Waals surface area contributed by atoms with Crippen LogP contribution in [0.3, 0.4) is 0 Å². The molecule has 1 N–H and O–H groups in total. The van der Waals surface area contributed by atoms with Gasteiger partial charge in [0.2, 0.25) is 5.91 Å². The van der Waals surface area contributed by atoms with E-state index >= 15 is 0 Å². The third-order valence-electron chi connectivity index (χ3n) is 4.20. The Labute approximate surface area is 160 Å². The zero-order valence-corrected chi connectivity index (χ0v) is 15.5. The lowest BCUT2D eigenvalue weighted by Gasteiger charge is -2.07. The van der Waals surface area contributed by atoms with Crippen LogP contribution in [-0.2, 0) is 11.8 Å². The smallest absolute Gasteiger partial charge is 0.295 e. The number of nitrogens with one attached hydrogen (secondary N) is 1. The number of anilines is 1. The number of halogens is 2. The third-order valence-corrected chi connectivity index (χ3v) is 4.53. The number of benzene rings is 2. The summed E-state index contributed by atoms with van der Waals surface area (Å²) in [6, 6.07) is 13.4. The summed E-state index contributed by atoms with van der Waals surface area (Å²) in [6.07, 6.45) is 2.42. The Morgan fingerprint density at radius 3 is 2.52 bits per heavy atom. The van der Waals surface area contributed by atoms with Crippen LogP contribution in [0.5, 0.6) is 0 Å². The van der Waals surface area contributed by atoms with Gasteiger partial charge in [0.05, 0.1) is 16.4 Å². The van der Waals surface area contributed by atoms with Crippen molar-refractivity contribution in [2.75, 3.05) is 5.32 Å². The molecular formula is C20H17ClFN3O2. The second-order valence-corrected chi connectivity index (χ2v) is 6.30. The van der Waals surface area contributed by atoms with Crippen molar-refractivity contribution in [2.24, 2.45) is 7.05 Å². The molecule has 138 valence electrons. The van der Waals surface area contributed by atoms with Crippen LogP contribution in [0.1, 0.15) is 11.3 Å². The average Bonchev–Trinajstić information content (AvgIpc) is 2.85. The lowest BCUT2D eigenvalue weighted by molar-refractivity contribution is -0.111. The Morgan fingerprint density at radius 1 is 1.15 bits per heavy atom. The van der Waals surface area contributed by atoms with E-state index in [1.165, 1.54) is 29.0 Å². The number of hydrogen-bond acceptors (Lipinski definition) is 2. The van der Waals surface area contributed by atoms with Crippen molar-refractivity contribution >= 4 is 29.3 Å². The van der Waals surface area contributed by atoms with Gasteiger partial charge in [-0.3, -0.25) is 14.3 Å². The fourth-order valence-electron chi connectivity index (χ4n) is 2.71. The van der Waals surface area contributed by atoms with E-state index in [1.807, 2.05) is 18.2 Å². The highest BCUT2D eigenvalue weighted by Crippen LogP contribution is 2.20. The second-order valence-electron chi connectivity index (χ2n) is 5.89. The molecule has 0 saturated carbocycles. The number of aromatic nitrogens is 2. The topological polar surface area (TPSA) is 56.0 Å². The molecule has 0 saturated heterocycles. The summed E-state index contributed by atoms with van der Waals surface area (Å²) < 4.78 is 16.9. The van der Waals surface area contributed by atoms with E-state index in [1.54, 1.807) is 30.8 Å². The Hall–Kier alpha value is -3.12. The van der Waals surface area contributed by atoms with Gasteiger partial charge in [-0.05, 0) is 37.3 Å². The highest BCUT2D eigenvalue weighted by Gasteiger charge is 2.17. The Bertz CT molecular complexity index is 1060. The van der Waals surface area contributed by atoms with Crippen molar-refractivity contribution in [3.63, 3.8) is 0 Å². The van der Waals surface area contributed by atoms with E-state index in [2.05, 4.69) is 5.32 Å². The van der Waals surface area contributed by atoms with Crippen LogP contribution in [0.4, 0.5) is 10.1 Å². The summed E-state index contributed by atoms with van der Waals surface area (Å²) >= 11 is 5.94. The first-order chi connectivity index (χ1) is 12.9. The van der Waals surface area contributed by atoms with Crippen molar-refractivity contribution in [1.29, 1.82) is 0 Å². The molecule has 0 fully saturated rings. The van der Waals surface area contributed by atoms with Crippen LogP contribution in [0.15, 0.2) is 59.4 Å². The van der Waals surface area contributed by atoms with Gasteiger partial charge in [-0.1, -0.05) is 35.9 Å². The first-order valence-electron chi connectivity index (χ1n) is 8.17. The molecule has 1 heterocycles. The number of hydrogen-bond donors (Lipinski definition) is 1. The van der Waals surface area contributed by atoms with Gasteiger partial charge >= 0.3 is 0 Å². The molecule has 5 nitrogen and oxygen atoms in total. The highest BCUT2D eigenvalue weighted by molar-refractivity contribution is 6.32. The van der Waals surface area contributed by atoms with Gasteiger partial charge < -0.3 is 5.32 Å². The van der Waals surface area contributed by atoms with Crippen LogP contribution in [0.25, 0.3) is 11.8 Å². The van der Waals surface area contributed by atoms with E-state index in [-0.39, 0.29) is 21.8 Å². The molecular weight excluding hydrogens is 369 g/mol. The van der Waals surface area contributed by atoms with E-state index in [4.69, 9.17) is 11.6 Å². The Morgan fingerprint density at radius 2 is 1.85 bits per heavy atom. The number of rotatable bonds is 4. The van der Waals surface area contributed by atoms with Crippen LogP contribution >= 0.6 is 11.6 Å². The largest absolute Gasteiger partial charge is 0.316 e. The van der Waals surface area contributed by atoms with Gasteiger partial charge in [-0.25, -0.2) is 9.07 Å². The molecule has 0 unspecified atom stereocenters. The maximum Gasteiger partial charge on any atom is 0.295 e. The average molecular weight is 386 g/mol. The molecule has 27 heavy (non-hydrogen) atoms. The molecule has 3 rings (SSSR count). The zero-order chi connectivity index (χ0) is 19.6. The summed E-state index contributed by atoms with van der Waals surface area (Å²) in [5.74, 6) is -1.09. The predicted octanol–water partition coefficient (Wildman–Crippen LogP) is 3.93. The fourth-order valence-corrected chi connectivity index (χ4v) is 2.93. The van der Waals surface area contributed by atoms with Crippen molar-refractivity contribution in [3.8, 4) is 5.69 Å². The van der Waals surface area contributed by atoms with Gasteiger partial charge in [0.25, 0.3) is 5.56 Å². The molecule has 0 aliphatic heterocycles. The molecule has 0 spiro atoms. The molecule has 0 atom stereocenters. The van der Waals surface area contributed by atoms with E-state index in [0.717, 1.165) is 6.08 Å². The number of para-hydroxylation sites is 1. The molecule has 7 heteroatoms. The van der Waals surface area contributed by atoms with Gasteiger partial charge in [-0.2, -0.15) is 0 Å². The first-order valence-corrected chi connectivity index (χ1v) is 8.55. The lowest BCUT2D eigenvalue weighted by Crippen LogP contribution is -2.22. The standard InChI is InChI=1S/C20H17ClFN3O2/c1-13-19(20(27)25(24(13)2)14-7-4-3-5-8-14)23-18(26)12-11-15-16(21)9-6-10-17(15)22/h3-12H,1-2H3,(H,23,26)/b12-11+. The minimum atomic E-state index is -0.555. The van der Waals surface area contributed by atoms with E-state index < -0.39 is 11.7 Å². The number of carbonyl (C=O) groups is 1. The van der Waals surface area contributed by atoms with Crippen molar-refractivity contribution in [1.82, 2.24) is 9.36 Å². The molecule has 0 bridgehead atoms. The molecule has 0 aliphatic rings. The SMILES string of the molecule is Cc1c(NC(=O)/C=C/c2c(F)cccc2Cl)c(=O)n(-c2ccccc2)n1C. The maximum atomic E-state index is 13.8. The first kappa shape index (κ1) is 18.7. The van der Waals surface area contributed by atoms with Crippen LogP contribution in [0, 0.1) is 12.7 Å². The van der Waals surface area contributed by atoms with Crippen LogP contribution < -0.4 is 10.9 Å². The monoisotopic (exact) mass is 385 g/mol. The normalized spacial score (nSPS) is 11.1. The molecule has 0 aliphatic carbocycles. The van der Waals surface area contributed by atoms with Gasteiger partial charge in [0.15, 0.2) is 0 Å². The molecule has 2 aromatic carbocycles. The molecule has 1 aromatic heterocycles. The second kappa shape index (κ2) is 7.63. The Balaban J connectivity index is 1.89. The minimum Gasteiger partial charge on any atom is -0.316 e. The number of nitrogens with zero attached hydrogens (tertiary/aromatic N) is 2. The van der Waals surface area contributed by atoms with Crippen LogP contribution in [-0.4, -0.2) is 15.3 Å². The molecule has 0 radical (unpaired) electrons. The lowest BCUT2D eigenvalue weighted by atomic mass is 10.2. The van der Waals surface area contributed by atoms with E-state index in [9.17, 15) is 14.0 Å². The van der Waals surface area contributed by atoms with Crippen molar-refractivity contribution in [2.45, 2.75) is 6.92 Å². The fraction of sp³-hybridized carbons (Fsp3) is 0.100. The number of carbonyl (C=O) groups excluding carboxylic acids is 1. The Kier molecular flexibility index (Phi) is 5.28. The highest BCUT2D eigenvalue weighted by atomic mass is 35.5. The maximum absolute atomic E-state index is 13.8. The summed E-state index contributed by atoms with van der Waals surface area (Å²) in [7, 11) is 1.73. The van der Waals surface area contributed by atoms with Crippen molar-refractivity contribution in [3.05, 3.63) is 87.1 Å². The van der Waals surface area contributed by atoms with E-state index in [0.29, 0.717) is 11.4 Å². The van der Waals surface area contributed by atoms with Crippen molar-refractivity contribution < 1.29 is 9.18 Å². The molecule has 3 aromatic rings. The summed E-state index contributed by atoms with van der Waals surface area (Å²) in [5, 5.41) is 2.77. The summed E-state index contributed by atoms with van der Waals surface area (Å²) in [6.45, 7) is 1.73. The predicted molar refractivity (Wildman–Crippen MR) is 105 cm³/mol. The minimum absolute atomic E-state index is 0.112. The van der Waals surface area contributed by atoms with Gasteiger partial charge in [-0.15, -0.1) is 0 Å². The summed E-state index contributed by atoms with van der Waals surface area (Å²) in [4.78, 5) is 25.0. The molecule has 1 amide bonds. The zero-order valence-electron chi connectivity index (χ0n) is 14.7. The van der Waals surface area contributed by atoms with Gasteiger partial charge in [0, 0.05) is 18.7 Å². The third kappa shape index (κ3) is 3.71. The van der Waals surface area contributed by atoms with Gasteiger partial charge in [0.1, 0.15) is 11.5 Å². The van der Waals surface area contributed by atoms with Crippen LogP contribution in [0.2, 0.25) is 5.02 Å². The summed E-state index contributed by atoms with van der Waals surface area (Å²) in [5.41, 5.74) is 1.19. The number of amides is 1.